The van der Waals surface area contributed by atoms with Crippen LogP contribution in [0.2, 0.25) is 0 Å². The molecule has 0 unspecified atom stereocenters. The van der Waals surface area contributed by atoms with Gasteiger partial charge in [0.15, 0.2) is 4.34 Å². The molecular weight excluding hydrogens is 560 g/mol. The van der Waals surface area contributed by atoms with E-state index in [0.717, 1.165) is 35.3 Å². The van der Waals surface area contributed by atoms with Gasteiger partial charge in [0, 0.05) is 12.3 Å². The number of unbranched alkanes of at least 4 members (excludes halogenated alkanes) is 1. The summed E-state index contributed by atoms with van der Waals surface area (Å²) >= 11 is 2.65. The summed E-state index contributed by atoms with van der Waals surface area (Å²) in [5.41, 5.74) is 2.74. The number of anilines is 1. The van der Waals surface area contributed by atoms with E-state index in [1.54, 1.807) is 36.4 Å². The predicted octanol–water partition coefficient (Wildman–Crippen LogP) is 5.35. The van der Waals surface area contributed by atoms with Gasteiger partial charge >= 0.3 is 0 Å². The highest BCUT2D eigenvalue weighted by atomic mass is 32.2. The van der Waals surface area contributed by atoms with Crippen LogP contribution in [-0.2, 0) is 26.2 Å². The maximum absolute atomic E-state index is 12.9. The Morgan fingerprint density at radius 1 is 0.923 bits per heavy atom. The minimum absolute atomic E-state index is 0.0627. The third kappa shape index (κ3) is 9.13. The quantitative estimate of drug-likeness (QED) is 0.151. The molecule has 8 nitrogen and oxygen atoms in total. The Balaban J connectivity index is 1.12. The Morgan fingerprint density at radius 2 is 1.64 bits per heavy atom. The van der Waals surface area contributed by atoms with Crippen LogP contribution in [0.1, 0.15) is 18.4 Å². The van der Waals surface area contributed by atoms with E-state index in [4.69, 9.17) is 4.74 Å². The second kappa shape index (κ2) is 14.2. The molecule has 2 N–H and O–H groups in total. The van der Waals surface area contributed by atoms with Crippen molar-refractivity contribution in [2.45, 2.75) is 28.7 Å². The van der Waals surface area contributed by atoms with Crippen molar-refractivity contribution in [2.75, 3.05) is 23.6 Å². The number of aromatic nitrogens is 2. The molecule has 0 aliphatic carbocycles. The Bertz CT molecular complexity index is 1450. The summed E-state index contributed by atoms with van der Waals surface area (Å²) in [4.78, 5) is 12.0. The van der Waals surface area contributed by atoms with Crippen molar-refractivity contribution >= 4 is 44.2 Å². The fourth-order valence-corrected chi connectivity index (χ4v) is 6.50. The highest BCUT2D eigenvalue weighted by Crippen LogP contribution is 2.28. The highest BCUT2D eigenvalue weighted by molar-refractivity contribution is 8.01. The lowest BCUT2D eigenvalue weighted by Gasteiger charge is -2.06. The van der Waals surface area contributed by atoms with Crippen LogP contribution in [0.15, 0.2) is 88.1 Å². The van der Waals surface area contributed by atoms with Crippen molar-refractivity contribution in [1.82, 2.24) is 15.5 Å². The number of benzene rings is 3. The van der Waals surface area contributed by atoms with Crippen LogP contribution in [0.4, 0.5) is 9.52 Å². The van der Waals surface area contributed by atoms with Crippen LogP contribution >= 0.6 is 23.1 Å². The molecule has 4 aromatic rings. The largest absolute Gasteiger partial charge is 0.367 e. The minimum Gasteiger partial charge on any atom is -0.367 e. The van der Waals surface area contributed by atoms with E-state index in [1.165, 1.54) is 35.2 Å². The second-order valence-corrected chi connectivity index (χ2v) is 12.4. The van der Waals surface area contributed by atoms with Gasteiger partial charge in [0.2, 0.25) is 11.0 Å². The smallest absolute Gasteiger partial charge is 0.263 e. The first-order chi connectivity index (χ1) is 18.9. The minimum atomic E-state index is -3.78. The van der Waals surface area contributed by atoms with Gasteiger partial charge < -0.3 is 10.1 Å². The average molecular weight is 587 g/mol. The van der Waals surface area contributed by atoms with Gasteiger partial charge in [0.25, 0.3) is 10.0 Å². The first-order valence-corrected chi connectivity index (χ1v) is 15.4. The van der Waals surface area contributed by atoms with E-state index in [-0.39, 0.29) is 35.0 Å². The molecular formula is C27H27FN4O4S3. The molecule has 39 heavy (non-hydrogen) atoms. The van der Waals surface area contributed by atoms with E-state index in [9.17, 15) is 17.6 Å². The zero-order chi connectivity index (χ0) is 27.5. The standard InChI is InChI=1S/C27H27FN4O4S3/c28-23-12-8-20(9-13-23)18-36-19-25(33)29-16-4-5-17-37-27-31-30-26(38-27)32-39(34,35)24-14-10-22(11-15-24)21-6-2-1-3-7-21/h1-3,6-15H,4-5,16-19H2,(H,29,33)(H,30,32). The molecule has 0 aliphatic heterocycles. The number of sulfonamides is 1. The predicted molar refractivity (Wildman–Crippen MR) is 152 cm³/mol. The first kappa shape index (κ1) is 28.7. The van der Waals surface area contributed by atoms with Crippen molar-refractivity contribution in [3.8, 4) is 11.1 Å². The number of carbonyl (C=O) groups excluding carboxylic acids is 1. The van der Waals surface area contributed by atoms with E-state index < -0.39 is 10.0 Å². The van der Waals surface area contributed by atoms with Gasteiger partial charge in [-0.05, 0) is 53.8 Å². The molecule has 12 heteroatoms. The van der Waals surface area contributed by atoms with Crippen molar-refractivity contribution in [3.05, 3.63) is 90.2 Å². The monoisotopic (exact) mass is 586 g/mol. The number of rotatable bonds is 14. The van der Waals surface area contributed by atoms with Gasteiger partial charge in [-0.15, -0.1) is 10.2 Å². The van der Waals surface area contributed by atoms with Gasteiger partial charge in [0.1, 0.15) is 12.4 Å². The van der Waals surface area contributed by atoms with Crippen molar-refractivity contribution < 1.29 is 22.3 Å². The summed E-state index contributed by atoms with van der Waals surface area (Å²) < 4.78 is 46.9. The van der Waals surface area contributed by atoms with Gasteiger partial charge in [-0.2, -0.15) is 0 Å². The second-order valence-electron chi connectivity index (χ2n) is 8.39. The molecule has 0 saturated carbocycles. The molecule has 0 atom stereocenters. The molecule has 0 bridgehead atoms. The van der Waals surface area contributed by atoms with Crippen LogP contribution in [0.25, 0.3) is 11.1 Å². The van der Waals surface area contributed by atoms with Crippen molar-refractivity contribution in [2.24, 2.45) is 0 Å². The Labute approximate surface area is 235 Å². The number of carbonyl (C=O) groups is 1. The van der Waals surface area contributed by atoms with Crippen LogP contribution in [0, 0.1) is 5.82 Å². The number of nitrogens with one attached hydrogen (secondary N) is 2. The van der Waals surface area contributed by atoms with E-state index in [1.807, 2.05) is 30.3 Å². The van der Waals surface area contributed by atoms with Gasteiger partial charge in [-0.3, -0.25) is 9.52 Å². The summed E-state index contributed by atoms with van der Waals surface area (Å²) in [6.07, 6.45) is 1.60. The van der Waals surface area contributed by atoms with Crippen LogP contribution < -0.4 is 10.0 Å². The Kier molecular flexibility index (Phi) is 10.4. The molecule has 4 rings (SSSR count). The maximum Gasteiger partial charge on any atom is 0.263 e. The van der Waals surface area contributed by atoms with Gasteiger partial charge in [-0.25, -0.2) is 12.8 Å². The third-order valence-corrected chi connectivity index (χ3v) is 8.98. The topological polar surface area (TPSA) is 110 Å². The molecule has 0 aliphatic rings. The van der Waals surface area contributed by atoms with Crippen LogP contribution in [-0.4, -0.2) is 43.4 Å². The first-order valence-electron chi connectivity index (χ1n) is 12.1. The third-order valence-electron chi connectivity index (χ3n) is 5.43. The number of thioether (sulfide) groups is 1. The lowest BCUT2D eigenvalue weighted by atomic mass is 10.1. The molecule has 0 fully saturated rings. The molecule has 1 amide bonds. The highest BCUT2D eigenvalue weighted by Gasteiger charge is 2.17. The number of halogens is 1. The van der Waals surface area contributed by atoms with Crippen molar-refractivity contribution in [1.29, 1.82) is 0 Å². The van der Waals surface area contributed by atoms with Crippen LogP contribution in [0.3, 0.4) is 0 Å². The average Bonchev–Trinajstić information content (AvgIpc) is 3.38. The van der Waals surface area contributed by atoms with Gasteiger partial charge in [-0.1, -0.05) is 77.7 Å². The molecule has 0 saturated heterocycles. The molecule has 0 radical (unpaired) electrons. The van der Waals surface area contributed by atoms with E-state index in [2.05, 4.69) is 20.2 Å². The summed E-state index contributed by atoms with van der Waals surface area (Å²) in [5.74, 6) is 0.228. The zero-order valence-electron chi connectivity index (χ0n) is 20.9. The van der Waals surface area contributed by atoms with E-state index in [0.29, 0.717) is 10.9 Å². The Hall–Kier alpha value is -3.32. The van der Waals surface area contributed by atoms with E-state index >= 15 is 0 Å². The molecule has 204 valence electrons. The number of amides is 1. The molecule has 3 aromatic carbocycles. The number of nitrogens with zero attached hydrogens (tertiary/aromatic N) is 2. The number of hydrogen-bond acceptors (Lipinski definition) is 8. The van der Waals surface area contributed by atoms with Crippen molar-refractivity contribution in [3.63, 3.8) is 0 Å². The lowest BCUT2D eigenvalue weighted by molar-refractivity contribution is -0.126. The molecule has 0 spiro atoms. The van der Waals surface area contributed by atoms with Crippen LogP contribution in [0.5, 0.6) is 0 Å². The lowest BCUT2D eigenvalue weighted by Crippen LogP contribution is -2.28. The summed E-state index contributed by atoms with van der Waals surface area (Å²) in [7, 11) is -3.78. The number of ether oxygens (including phenoxy) is 1. The summed E-state index contributed by atoms with van der Waals surface area (Å²) in [6.45, 7) is 0.696. The number of hydrogen-bond donors (Lipinski definition) is 2. The maximum atomic E-state index is 12.9. The summed E-state index contributed by atoms with van der Waals surface area (Å²) in [5, 5.41) is 11.0. The SMILES string of the molecule is O=C(COCc1ccc(F)cc1)NCCCCSc1nnc(NS(=O)(=O)c2ccc(-c3ccccc3)cc2)s1. The van der Waals surface area contributed by atoms with Gasteiger partial charge in [0.05, 0.1) is 11.5 Å². The fourth-order valence-electron chi connectivity index (χ4n) is 3.45. The normalized spacial score (nSPS) is 11.3. The molecule has 1 heterocycles. The Morgan fingerprint density at radius 3 is 2.38 bits per heavy atom. The summed E-state index contributed by atoms with van der Waals surface area (Å²) in [6, 6.07) is 22.3. The molecule has 1 aromatic heterocycles. The zero-order valence-corrected chi connectivity index (χ0v) is 23.3. The fraction of sp³-hybridized carbons (Fsp3) is 0.222.